The van der Waals surface area contributed by atoms with Gasteiger partial charge in [0, 0.05) is 49.9 Å². The van der Waals surface area contributed by atoms with Crippen molar-refractivity contribution in [2.24, 2.45) is 0 Å². The zero-order valence-corrected chi connectivity index (χ0v) is 30.2. The fourth-order valence-electron chi connectivity index (χ4n) is 8.20. The summed E-state index contributed by atoms with van der Waals surface area (Å²) in [5.74, 6) is 2.34. The first-order valence-corrected chi connectivity index (χ1v) is 18.8. The summed E-state index contributed by atoms with van der Waals surface area (Å²) in [6.45, 7) is 0. The maximum atomic E-state index is 6.48. The number of nitrogens with zero attached hydrogens (tertiary/aromatic N) is 4. The first-order valence-electron chi connectivity index (χ1n) is 18.8. The average Bonchev–Trinajstić information content (AvgIpc) is 3.98. The lowest BCUT2D eigenvalue weighted by Gasteiger charge is -2.14. The molecule has 7 heteroatoms. The van der Waals surface area contributed by atoms with E-state index in [0.717, 1.165) is 93.5 Å². The number of rotatable bonds is 5. The molecule has 0 atom stereocenters. The molecule has 7 nitrogen and oxygen atoms in total. The van der Waals surface area contributed by atoms with E-state index in [9.17, 15) is 0 Å². The predicted molar refractivity (Wildman–Crippen MR) is 227 cm³/mol. The second-order valence-electron chi connectivity index (χ2n) is 14.1. The standard InChI is InChI=1S/C50H28N4O3/c1-3-13-29(14-4-1)47-52-48(54-49(53-47)37-21-12-24-42-46(37)36-19-9-10-22-40(36)55-42)35-26-25-33(31-17-7-8-18-32(31)35)34-20-11-23-41-45(34)38-27-39-44(28-43(38)56-41)57-50(51-39)30-15-5-2-6-16-30/h1-28H. The molecule has 0 saturated carbocycles. The topological polar surface area (TPSA) is 91.0 Å². The fraction of sp³-hybridized carbons (Fsp3) is 0. The van der Waals surface area contributed by atoms with Crippen molar-refractivity contribution in [2.45, 2.75) is 0 Å². The highest BCUT2D eigenvalue weighted by atomic mass is 16.4. The molecule has 0 aliphatic rings. The van der Waals surface area contributed by atoms with E-state index in [2.05, 4.69) is 60.7 Å². The van der Waals surface area contributed by atoms with E-state index >= 15 is 0 Å². The van der Waals surface area contributed by atoms with Crippen molar-refractivity contribution in [1.29, 1.82) is 0 Å². The van der Waals surface area contributed by atoms with Crippen LogP contribution in [0.15, 0.2) is 183 Å². The number of benzene rings is 8. The Kier molecular flexibility index (Phi) is 6.79. The molecule has 266 valence electrons. The number of fused-ring (bicyclic) bond motifs is 8. The smallest absolute Gasteiger partial charge is 0.227 e. The molecule has 4 aromatic heterocycles. The highest BCUT2D eigenvalue weighted by Crippen LogP contribution is 2.43. The van der Waals surface area contributed by atoms with Gasteiger partial charge in [0.05, 0.1) is 0 Å². The van der Waals surface area contributed by atoms with Gasteiger partial charge in [-0.15, -0.1) is 0 Å². The Morgan fingerprint density at radius 1 is 0.298 bits per heavy atom. The zero-order valence-electron chi connectivity index (χ0n) is 30.2. The molecule has 0 N–H and O–H groups in total. The summed E-state index contributed by atoms with van der Waals surface area (Å²) in [6.07, 6.45) is 0. The molecule has 0 amide bonds. The van der Waals surface area contributed by atoms with Crippen molar-refractivity contribution < 1.29 is 13.3 Å². The Morgan fingerprint density at radius 3 is 1.63 bits per heavy atom. The number of hydrogen-bond acceptors (Lipinski definition) is 7. The molecule has 0 radical (unpaired) electrons. The molecule has 0 aliphatic carbocycles. The third-order valence-electron chi connectivity index (χ3n) is 10.8. The van der Waals surface area contributed by atoms with E-state index in [-0.39, 0.29) is 0 Å². The molecule has 0 saturated heterocycles. The molecule has 4 heterocycles. The minimum atomic E-state index is 0.577. The quantitative estimate of drug-likeness (QED) is 0.174. The van der Waals surface area contributed by atoms with Crippen LogP contribution in [0.5, 0.6) is 0 Å². The van der Waals surface area contributed by atoms with Crippen LogP contribution in [0.25, 0.3) is 122 Å². The normalized spacial score (nSPS) is 11.9. The van der Waals surface area contributed by atoms with Crippen LogP contribution in [-0.2, 0) is 0 Å². The van der Waals surface area contributed by atoms with Crippen LogP contribution < -0.4 is 0 Å². The van der Waals surface area contributed by atoms with Gasteiger partial charge in [-0.1, -0.05) is 121 Å². The Balaban J connectivity index is 1.06. The minimum Gasteiger partial charge on any atom is -0.456 e. The van der Waals surface area contributed by atoms with Crippen molar-refractivity contribution in [2.75, 3.05) is 0 Å². The lowest BCUT2D eigenvalue weighted by molar-refractivity contribution is 0.617. The van der Waals surface area contributed by atoms with E-state index in [1.54, 1.807) is 0 Å². The molecule has 57 heavy (non-hydrogen) atoms. The van der Waals surface area contributed by atoms with Gasteiger partial charge < -0.3 is 13.3 Å². The molecule has 0 bridgehead atoms. The van der Waals surface area contributed by atoms with Gasteiger partial charge >= 0.3 is 0 Å². The van der Waals surface area contributed by atoms with Gasteiger partial charge in [-0.2, -0.15) is 0 Å². The predicted octanol–water partition coefficient (Wildman–Crippen LogP) is 13.3. The number of hydrogen-bond donors (Lipinski definition) is 0. The van der Waals surface area contributed by atoms with E-state index in [1.807, 2.05) is 109 Å². The van der Waals surface area contributed by atoms with Crippen LogP contribution in [-0.4, -0.2) is 19.9 Å². The first-order chi connectivity index (χ1) is 28.2. The Morgan fingerprint density at radius 2 is 0.860 bits per heavy atom. The molecule has 0 unspecified atom stereocenters. The van der Waals surface area contributed by atoms with Gasteiger partial charge in [0.15, 0.2) is 23.1 Å². The van der Waals surface area contributed by atoms with E-state index in [4.69, 9.17) is 33.2 Å². The maximum absolute atomic E-state index is 6.48. The number of furan rings is 2. The van der Waals surface area contributed by atoms with Gasteiger partial charge in [0.2, 0.25) is 5.89 Å². The van der Waals surface area contributed by atoms with Crippen molar-refractivity contribution in [3.8, 4) is 56.7 Å². The molecule has 12 aromatic rings. The van der Waals surface area contributed by atoms with Gasteiger partial charge in [0.25, 0.3) is 0 Å². The van der Waals surface area contributed by atoms with Crippen molar-refractivity contribution in [3.05, 3.63) is 170 Å². The molecular weight excluding hydrogens is 705 g/mol. The average molecular weight is 733 g/mol. The molecule has 0 fully saturated rings. The van der Waals surface area contributed by atoms with Gasteiger partial charge in [0.1, 0.15) is 27.8 Å². The van der Waals surface area contributed by atoms with Crippen molar-refractivity contribution in [1.82, 2.24) is 19.9 Å². The van der Waals surface area contributed by atoms with Crippen LogP contribution in [0.4, 0.5) is 0 Å². The summed E-state index contributed by atoms with van der Waals surface area (Å²) in [4.78, 5) is 20.3. The minimum absolute atomic E-state index is 0.577. The van der Waals surface area contributed by atoms with Crippen molar-refractivity contribution in [3.63, 3.8) is 0 Å². The third kappa shape index (κ3) is 4.99. The number of para-hydroxylation sites is 1. The monoisotopic (exact) mass is 732 g/mol. The molecule has 0 aliphatic heterocycles. The van der Waals surface area contributed by atoms with E-state index in [0.29, 0.717) is 28.9 Å². The van der Waals surface area contributed by atoms with Gasteiger partial charge in [-0.05, 0) is 64.4 Å². The summed E-state index contributed by atoms with van der Waals surface area (Å²) < 4.78 is 18.9. The van der Waals surface area contributed by atoms with E-state index < -0.39 is 0 Å². The molecule has 8 aromatic carbocycles. The third-order valence-corrected chi connectivity index (χ3v) is 10.8. The van der Waals surface area contributed by atoms with Crippen LogP contribution in [0.2, 0.25) is 0 Å². The second-order valence-corrected chi connectivity index (χ2v) is 14.1. The van der Waals surface area contributed by atoms with Crippen LogP contribution in [0.1, 0.15) is 0 Å². The SMILES string of the molecule is c1ccc(-c2nc(-c3ccc(-c4cccc5oc6cc7oc(-c8ccccc8)nc7cc6c45)c4ccccc34)nc(-c3cccc4oc5ccccc5c34)n2)cc1. The summed E-state index contributed by atoms with van der Waals surface area (Å²) in [7, 11) is 0. The molecular formula is C50H28N4O3. The Bertz CT molecular complexity index is 3530. The molecule has 12 rings (SSSR count). The number of oxazole rings is 1. The summed E-state index contributed by atoms with van der Waals surface area (Å²) in [6, 6.07) is 57.1. The fourth-order valence-corrected chi connectivity index (χ4v) is 8.20. The molecule has 0 spiro atoms. The van der Waals surface area contributed by atoms with Crippen molar-refractivity contribution >= 4 is 65.7 Å². The van der Waals surface area contributed by atoms with Gasteiger partial charge in [-0.25, -0.2) is 19.9 Å². The maximum Gasteiger partial charge on any atom is 0.227 e. The summed E-state index contributed by atoms with van der Waals surface area (Å²) in [5, 5.41) is 6.08. The zero-order chi connectivity index (χ0) is 37.5. The number of aromatic nitrogens is 4. The van der Waals surface area contributed by atoms with Gasteiger partial charge in [-0.3, -0.25) is 0 Å². The highest BCUT2D eigenvalue weighted by molar-refractivity contribution is 6.18. The van der Waals surface area contributed by atoms with Crippen LogP contribution in [0, 0.1) is 0 Å². The highest BCUT2D eigenvalue weighted by Gasteiger charge is 2.21. The Hall–Kier alpha value is -7.90. The van der Waals surface area contributed by atoms with Crippen LogP contribution >= 0.6 is 0 Å². The summed E-state index contributed by atoms with van der Waals surface area (Å²) in [5.41, 5.74) is 10.3. The van der Waals surface area contributed by atoms with E-state index in [1.165, 1.54) is 0 Å². The lowest BCUT2D eigenvalue weighted by Crippen LogP contribution is -2.01. The lowest BCUT2D eigenvalue weighted by atomic mass is 9.92. The summed E-state index contributed by atoms with van der Waals surface area (Å²) >= 11 is 0. The van der Waals surface area contributed by atoms with Crippen LogP contribution in [0.3, 0.4) is 0 Å². The first kappa shape index (κ1) is 31.5. The second kappa shape index (κ2) is 12.3. The Labute approximate surface area is 324 Å². The largest absolute Gasteiger partial charge is 0.456 e.